The number of para-hydroxylation sites is 2. The molecule has 28 heavy (non-hydrogen) atoms. The number of rotatable bonds is 4. The van der Waals surface area contributed by atoms with Crippen LogP contribution in [0.1, 0.15) is 16.1 Å². The van der Waals surface area contributed by atoms with Crippen molar-refractivity contribution in [2.24, 2.45) is 0 Å². The summed E-state index contributed by atoms with van der Waals surface area (Å²) in [7, 11) is 3.16. The third-order valence-electron chi connectivity index (χ3n) is 4.70. The summed E-state index contributed by atoms with van der Waals surface area (Å²) in [5.41, 5.74) is 1.59. The van der Waals surface area contributed by atoms with E-state index in [1.165, 1.54) is 0 Å². The Bertz CT molecular complexity index is 1210. The van der Waals surface area contributed by atoms with Crippen LogP contribution in [0.3, 0.4) is 0 Å². The van der Waals surface area contributed by atoms with E-state index in [4.69, 9.17) is 25.5 Å². The van der Waals surface area contributed by atoms with E-state index in [1.54, 1.807) is 39.3 Å². The van der Waals surface area contributed by atoms with Crippen molar-refractivity contribution >= 4 is 44.9 Å². The van der Waals surface area contributed by atoms with Crippen molar-refractivity contribution in [1.82, 2.24) is 0 Å². The molecule has 6 heteroatoms. The lowest BCUT2D eigenvalue weighted by molar-refractivity contribution is 0.102. The smallest absolute Gasteiger partial charge is 0.259 e. The Labute approximate surface area is 166 Å². The summed E-state index contributed by atoms with van der Waals surface area (Å²) < 4.78 is 16.5. The molecule has 142 valence electrons. The molecule has 0 fully saturated rings. The van der Waals surface area contributed by atoms with Crippen LogP contribution in [0.5, 0.6) is 11.5 Å². The Balaban J connectivity index is 1.92. The van der Waals surface area contributed by atoms with Gasteiger partial charge in [0.15, 0.2) is 0 Å². The fourth-order valence-electron chi connectivity index (χ4n) is 3.40. The van der Waals surface area contributed by atoms with Crippen LogP contribution in [-0.2, 0) is 0 Å². The molecule has 0 aliphatic carbocycles. The standard InChI is InChI=1S/C22H18ClNO4/c1-12-20(22(25)24-17-6-4-5-7-18(17)27-3)21-15-10-13(26-2)8-9-14(15)16(23)11-19(21)28-12/h4-11H,1-3H3,(H,24,25). The minimum Gasteiger partial charge on any atom is -0.497 e. The molecule has 0 atom stereocenters. The molecule has 0 radical (unpaired) electrons. The normalized spacial score (nSPS) is 11.0. The summed E-state index contributed by atoms with van der Waals surface area (Å²) in [6, 6.07) is 14.5. The van der Waals surface area contributed by atoms with Gasteiger partial charge in [-0.1, -0.05) is 23.7 Å². The van der Waals surface area contributed by atoms with E-state index >= 15 is 0 Å². The number of hydrogen-bond donors (Lipinski definition) is 1. The Morgan fingerprint density at radius 1 is 1.04 bits per heavy atom. The van der Waals surface area contributed by atoms with Crippen molar-refractivity contribution in [3.05, 3.63) is 64.9 Å². The quantitative estimate of drug-likeness (QED) is 0.473. The number of halogens is 1. The van der Waals surface area contributed by atoms with Gasteiger partial charge in [-0.15, -0.1) is 0 Å². The van der Waals surface area contributed by atoms with Crippen molar-refractivity contribution in [1.29, 1.82) is 0 Å². The Kier molecular flexibility index (Phi) is 4.61. The molecule has 4 aromatic rings. The minimum absolute atomic E-state index is 0.285. The van der Waals surface area contributed by atoms with Crippen LogP contribution in [0.4, 0.5) is 5.69 Å². The van der Waals surface area contributed by atoms with E-state index in [0.717, 1.165) is 10.8 Å². The first-order valence-electron chi connectivity index (χ1n) is 8.67. The first-order valence-corrected chi connectivity index (χ1v) is 9.05. The first kappa shape index (κ1) is 18.2. The van der Waals surface area contributed by atoms with Gasteiger partial charge < -0.3 is 19.2 Å². The second-order valence-electron chi connectivity index (χ2n) is 6.33. The second kappa shape index (κ2) is 7.09. The molecule has 5 nitrogen and oxygen atoms in total. The molecule has 1 heterocycles. The maximum absolute atomic E-state index is 13.2. The van der Waals surface area contributed by atoms with Gasteiger partial charge in [-0.2, -0.15) is 0 Å². The SMILES string of the molecule is COc1ccc2c(Cl)cc3oc(C)c(C(=O)Nc4ccccc4OC)c3c2c1. The fraction of sp³-hybridized carbons (Fsp3) is 0.136. The second-order valence-corrected chi connectivity index (χ2v) is 6.74. The van der Waals surface area contributed by atoms with E-state index in [0.29, 0.717) is 44.5 Å². The lowest BCUT2D eigenvalue weighted by Crippen LogP contribution is -2.13. The van der Waals surface area contributed by atoms with Crippen molar-refractivity contribution in [2.45, 2.75) is 6.92 Å². The van der Waals surface area contributed by atoms with Crippen LogP contribution in [0.25, 0.3) is 21.7 Å². The van der Waals surface area contributed by atoms with Gasteiger partial charge in [0.1, 0.15) is 22.8 Å². The van der Waals surface area contributed by atoms with Gasteiger partial charge in [0.05, 0.1) is 30.5 Å². The zero-order chi connectivity index (χ0) is 19.8. The molecule has 0 aliphatic heterocycles. The molecule has 0 saturated carbocycles. The molecule has 0 unspecified atom stereocenters. The first-order chi connectivity index (χ1) is 13.5. The third-order valence-corrected chi connectivity index (χ3v) is 5.02. The van der Waals surface area contributed by atoms with Crippen molar-refractivity contribution in [2.75, 3.05) is 19.5 Å². The highest BCUT2D eigenvalue weighted by Crippen LogP contribution is 2.38. The van der Waals surface area contributed by atoms with Gasteiger partial charge in [0.25, 0.3) is 5.91 Å². The largest absolute Gasteiger partial charge is 0.497 e. The summed E-state index contributed by atoms with van der Waals surface area (Å²) in [4.78, 5) is 13.2. The highest BCUT2D eigenvalue weighted by molar-refractivity contribution is 6.38. The number of nitrogens with one attached hydrogen (secondary N) is 1. The zero-order valence-electron chi connectivity index (χ0n) is 15.6. The Morgan fingerprint density at radius 2 is 1.82 bits per heavy atom. The molecule has 1 aromatic heterocycles. The maximum Gasteiger partial charge on any atom is 0.259 e. The molecule has 1 amide bonds. The topological polar surface area (TPSA) is 60.7 Å². The number of amides is 1. The Hall–Kier alpha value is -3.18. The third kappa shape index (κ3) is 2.94. The van der Waals surface area contributed by atoms with Gasteiger partial charge in [-0.3, -0.25) is 4.79 Å². The zero-order valence-corrected chi connectivity index (χ0v) is 16.4. The van der Waals surface area contributed by atoms with Crippen LogP contribution in [-0.4, -0.2) is 20.1 Å². The molecule has 4 rings (SSSR count). The molecular formula is C22H18ClNO4. The predicted octanol–water partition coefficient (Wildman–Crippen LogP) is 5.82. The van der Waals surface area contributed by atoms with Crippen LogP contribution in [0.15, 0.2) is 52.9 Å². The number of carbonyl (C=O) groups is 1. The number of benzene rings is 3. The van der Waals surface area contributed by atoms with Crippen LogP contribution in [0, 0.1) is 6.92 Å². The number of fused-ring (bicyclic) bond motifs is 3. The van der Waals surface area contributed by atoms with E-state index in [2.05, 4.69) is 5.32 Å². The Morgan fingerprint density at radius 3 is 2.57 bits per heavy atom. The summed E-state index contributed by atoms with van der Waals surface area (Å²) in [5.74, 6) is 1.47. The monoisotopic (exact) mass is 395 g/mol. The van der Waals surface area contributed by atoms with Crippen molar-refractivity contribution < 1.29 is 18.7 Å². The number of ether oxygens (including phenoxy) is 2. The molecule has 0 spiro atoms. The average Bonchev–Trinajstić information content (AvgIpc) is 3.03. The minimum atomic E-state index is -0.285. The number of methoxy groups -OCH3 is 2. The summed E-state index contributed by atoms with van der Waals surface area (Å²) in [5, 5.41) is 5.78. The average molecular weight is 396 g/mol. The van der Waals surface area contributed by atoms with E-state index < -0.39 is 0 Å². The van der Waals surface area contributed by atoms with Gasteiger partial charge in [-0.25, -0.2) is 0 Å². The van der Waals surface area contributed by atoms with E-state index in [9.17, 15) is 4.79 Å². The van der Waals surface area contributed by atoms with Gasteiger partial charge in [-0.05, 0) is 42.6 Å². The molecule has 0 aliphatic rings. The maximum atomic E-state index is 13.2. The highest BCUT2D eigenvalue weighted by Gasteiger charge is 2.22. The van der Waals surface area contributed by atoms with Gasteiger partial charge in [0.2, 0.25) is 0 Å². The predicted molar refractivity (Wildman–Crippen MR) is 111 cm³/mol. The number of furan rings is 1. The van der Waals surface area contributed by atoms with Crippen LogP contribution in [0.2, 0.25) is 5.02 Å². The number of hydrogen-bond acceptors (Lipinski definition) is 4. The van der Waals surface area contributed by atoms with Crippen molar-refractivity contribution in [3.63, 3.8) is 0 Å². The summed E-state index contributed by atoms with van der Waals surface area (Å²) in [6.07, 6.45) is 0. The van der Waals surface area contributed by atoms with Crippen LogP contribution >= 0.6 is 11.6 Å². The van der Waals surface area contributed by atoms with Gasteiger partial charge >= 0.3 is 0 Å². The van der Waals surface area contributed by atoms with Crippen LogP contribution < -0.4 is 14.8 Å². The summed E-state index contributed by atoms with van der Waals surface area (Å²) >= 11 is 6.42. The van der Waals surface area contributed by atoms with E-state index in [-0.39, 0.29) is 5.91 Å². The van der Waals surface area contributed by atoms with Crippen molar-refractivity contribution in [3.8, 4) is 11.5 Å². The molecule has 0 bridgehead atoms. The molecular weight excluding hydrogens is 378 g/mol. The molecule has 0 saturated heterocycles. The molecule has 3 aromatic carbocycles. The number of anilines is 1. The molecule has 1 N–H and O–H groups in total. The fourth-order valence-corrected chi connectivity index (χ4v) is 3.66. The number of carbonyl (C=O) groups excluding carboxylic acids is 1. The number of aryl methyl sites for hydroxylation is 1. The van der Waals surface area contributed by atoms with E-state index in [1.807, 2.05) is 30.3 Å². The summed E-state index contributed by atoms with van der Waals surface area (Å²) in [6.45, 7) is 1.76. The lowest BCUT2D eigenvalue weighted by Gasteiger charge is -2.10. The van der Waals surface area contributed by atoms with Gasteiger partial charge in [0, 0.05) is 16.8 Å². The lowest BCUT2D eigenvalue weighted by atomic mass is 10.0. The highest BCUT2D eigenvalue weighted by atomic mass is 35.5.